The Morgan fingerprint density at radius 3 is 2.25 bits per heavy atom. The third-order valence-electron chi connectivity index (χ3n) is 3.83. The predicted molar refractivity (Wildman–Crippen MR) is 94.5 cm³/mol. The first-order valence-electron chi connectivity index (χ1n) is 7.75. The van der Waals surface area contributed by atoms with E-state index in [1.807, 2.05) is 0 Å². The molecule has 1 aromatic heterocycles. The van der Waals surface area contributed by atoms with Gasteiger partial charge in [0.25, 0.3) is 5.91 Å². The van der Waals surface area contributed by atoms with Crippen LogP contribution >= 0.6 is 0 Å². The van der Waals surface area contributed by atoms with Crippen LogP contribution in [0.3, 0.4) is 0 Å². The number of fused-ring (bicyclic) bond motifs is 1. The smallest absolute Gasteiger partial charge is 0.416 e. The number of alkyl halides is 3. The van der Waals surface area contributed by atoms with Gasteiger partial charge in [-0.1, -0.05) is 0 Å². The average molecular weight is 410 g/mol. The lowest BCUT2D eigenvalue weighted by Gasteiger charge is -2.08. The Balaban J connectivity index is 2.18. The van der Waals surface area contributed by atoms with E-state index >= 15 is 0 Å². The summed E-state index contributed by atoms with van der Waals surface area (Å²) < 4.78 is 67.1. The number of carbonyl (C=O) groups excluding carboxylic acids is 1. The van der Waals surface area contributed by atoms with Crippen molar-refractivity contribution >= 4 is 32.4 Å². The Labute approximate surface area is 157 Å². The molecule has 10 heteroatoms. The van der Waals surface area contributed by atoms with E-state index in [0.29, 0.717) is 0 Å². The van der Waals surface area contributed by atoms with Crippen molar-refractivity contribution in [3.05, 3.63) is 65.2 Å². The number of amides is 1. The van der Waals surface area contributed by atoms with Crippen LogP contribution in [0.25, 0.3) is 11.0 Å². The number of hydrogen-bond acceptors (Lipinski definition) is 5. The zero-order chi connectivity index (χ0) is 20.7. The second-order valence-corrected chi connectivity index (χ2v) is 7.97. The third-order valence-corrected chi connectivity index (χ3v) is 4.96. The highest BCUT2D eigenvalue weighted by atomic mass is 32.2. The SMILES string of the molecule is CS(=O)(=O)c1ccc(N=c2oc3ccc(C(F)(F)F)cc3cc2C(N)=O)cc1. The monoisotopic (exact) mass is 410 g/mol. The molecule has 6 nitrogen and oxygen atoms in total. The van der Waals surface area contributed by atoms with E-state index in [0.717, 1.165) is 24.5 Å². The van der Waals surface area contributed by atoms with Crippen molar-refractivity contribution in [1.82, 2.24) is 0 Å². The average Bonchev–Trinajstić information content (AvgIpc) is 2.59. The number of rotatable bonds is 3. The maximum Gasteiger partial charge on any atom is 0.416 e. The Bertz CT molecular complexity index is 1240. The minimum atomic E-state index is -4.55. The van der Waals surface area contributed by atoms with Crippen LogP contribution in [0.2, 0.25) is 0 Å². The predicted octanol–water partition coefficient (Wildman–Crippen LogP) is 3.19. The molecule has 0 radical (unpaired) electrons. The third kappa shape index (κ3) is 4.06. The van der Waals surface area contributed by atoms with Gasteiger partial charge in [0.2, 0.25) is 5.55 Å². The van der Waals surface area contributed by atoms with Gasteiger partial charge in [0.05, 0.1) is 16.1 Å². The van der Waals surface area contributed by atoms with Crippen molar-refractivity contribution in [2.75, 3.05) is 6.26 Å². The van der Waals surface area contributed by atoms with Crippen molar-refractivity contribution in [3.8, 4) is 0 Å². The highest BCUT2D eigenvalue weighted by Gasteiger charge is 2.30. The number of nitrogens with two attached hydrogens (primary N) is 1. The van der Waals surface area contributed by atoms with Crippen LogP contribution in [0, 0.1) is 0 Å². The van der Waals surface area contributed by atoms with E-state index in [2.05, 4.69) is 4.99 Å². The minimum absolute atomic E-state index is 0.0370. The van der Waals surface area contributed by atoms with Crippen LogP contribution in [-0.2, 0) is 16.0 Å². The quantitative estimate of drug-likeness (QED) is 0.716. The molecule has 0 aliphatic heterocycles. The van der Waals surface area contributed by atoms with Gasteiger partial charge in [-0.3, -0.25) is 4.79 Å². The first kappa shape index (κ1) is 19.6. The highest BCUT2D eigenvalue weighted by Crippen LogP contribution is 2.31. The molecular formula is C18H13F3N2O4S. The molecule has 0 atom stereocenters. The Kier molecular flexibility index (Phi) is 4.76. The molecule has 2 N–H and O–H groups in total. The fourth-order valence-electron chi connectivity index (χ4n) is 2.45. The van der Waals surface area contributed by atoms with Gasteiger partial charge >= 0.3 is 6.18 Å². The Hall–Kier alpha value is -3.14. The van der Waals surface area contributed by atoms with E-state index in [4.69, 9.17) is 10.2 Å². The summed E-state index contributed by atoms with van der Waals surface area (Å²) in [4.78, 5) is 15.9. The minimum Gasteiger partial charge on any atom is -0.438 e. The fraction of sp³-hybridized carbons (Fsp3) is 0.111. The molecule has 0 aliphatic carbocycles. The first-order valence-corrected chi connectivity index (χ1v) is 9.64. The summed E-state index contributed by atoms with van der Waals surface area (Å²) in [5, 5.41) is 0.0370. The zero-order valence-electron chi connectivity index (χ0n) is 14.3. The summed E-state index contributed by atoms with van der Waals surface area (Å²) in [6.07, 6.45) is -3.50. The number of sulfone groups is 1. The molecule has 146 valence electrons. The fourth-order valence-corrected chi connectivity index (χ4v) is 3.08. The Morgan fingerprint density at radius 2 is 1.71 bits per heavy atom. The second kappa shape index (κ2) is 6.79. The maximum absolute atomic E-state index is 12.9. The molecule has 0 fully saturated rings. The van der Waals surface area contributed by atoms with Crippen molar-refractivity contribution in [1.29, 1.82) is 0 Å². The summed E-state index contributed by atoms with van der Waals surface area (Å²) in [7, 11) is -3.39. The van der Waals surface area contributed by atoms with Gasteiger partial charge in [-0.05, 0) is 48.5 Å². The zero-order valence-corrected chi connectivity index (χ0v) is 15.1. The molecule has 1 amide bonds. The van der Waals surface area contributed by atoms with E-state index in [9.17, 15) is 26.4 Å². The lowest BCUT2D eigenvalue weighted by atomic mass is 10.1. The van der Waals surface area contributed by atoms with E-state index < -0.39 is 27.5 Å². The number of halogens is 3. The van der Waals surface area contributed by atoms with E-state index in [1.165, 1.54) is 30.3 Å². The second-order valence-electron chi connectivity index (χ2n) is 5.96. The van der Waals surface area contributed by atoms with Gasteiger partial charge in [-0.25, -0.2) is 13.4 Å². The maximum atomic E-state index is 12.9. The summed E-state index contributed by atoms with van der Waals surface area (Å²) in [6, 6.07) is 9.43. The lowest BCUT2D eigenvalue weighted by molar-refractivity contribution is -0.137. The van der Waals surface area contributed by atoms with Crippen LogP contribution in [0.5, 0.6) is 0 Å². The largest absolute Gasteiger partial charge is 0.438 e. The summed E-state index contributed by atoms with van der Waals surface area (Å²) in [5.74, 6) is -0.936. The van der Waals surface area contributed by atoms with Gasteiger partial charge in [0, 0.05) is 11.6 Å². The van der Waals surface area contributed by atoms with Gasteiger partial charge in [-0.2, -0.15) is 13.2 Å². The molecular weight excluding hydrogens is 397 g/mol. The van der Waals surface area contributed by atoms with Crippen molar-refractivity contribution in [3.63, 3.8) is 0 Å². The normalized spacial score (nSPS) is 13.1. The highest BCUT2D eigenvalue weighted by molar-refractivity contribution is 7.90. The number of hydrogen-bond donors (Lipinski definition) is 1. The lowest BCUT2D eigenvalue weighted by Crippen LogP contribution is -2.21. The van der Waals surface area contributed by atoms with E-state index in [1.54, 1.807) is 0 Å². The molecule has 0 unspecified atom stereocenters. The van der Waals surface area contributed by atoms with Crippen LogP contribution in [0.15, 0.2) is 62.8 Å². The standard InChI is InChI=1S/C18H13F3N2O4S/c1-28(25,26)13-5-3-12(4-6-13)23-17-14(16(22)24)9-10-8-11(18(19,20)21)2-7-15(10)27-17/h2-9H,1H3,(H2,22,24). The van der Waals surface area contributed by atoms with Crippen LogP contribution in [0.1, 0.15) is 15.9 Å². The Morgan fingerprint density at radius 1 is 1.07 bits per heavy atom. The molecule has 28 heavy (non-hydrogen) atoms. The molecule has 0 aliphatic rings. The van der Waals surface area contributed by atoms with Gasteiger partial charge < -0.3 is 10.2 Å². The van der Waals surface area contributed by atoms with Gasteiger partial charge in [0.1, 0.15) is 11.1 Å². The molecule has 0 saturated heterocycles. The summed E-state index contributed by atoms with van der Waals surface area (Å²) in [5.41, 5.74) is 4.34. The number of carbonyl (C=O) groups is 1. The molecule has 0 spiro atoms. The van der Waals surface area contributed by atoms with Crippen molar-refractivity contribution in [2.24, 2.45) is 10.7 Å². The molecule has 3 aromatic rings. The summed E-state index contributed by atoms with van der Waals surface area (Å²) in [6.45, 7) is 0. The van der Waals surface area contributed by atoms with Crippen molar-refractivity contribution in [2.45, 2.75) is 11.1 Å². The van der Waals surface area contributed by atoms with Gasteiger partial charge in [0.15, 0.2) is 9.84 Å². The molecule has 0 saturated carbocycles. The molecule has 0 bridgehead atoms. The number of benzene rings is 2. The molecule has 2 aromatic carbocycles. The number of primary amides is 1. The van der Waals surface area contributed by atoms with Crippen LogP contribution < -0.4 is 11.3 Å². The summed E-state index contributed by atoms with van der Waals surface area (Å²) >= 11 is 0. The number of nitrogens with zero attached hydrogens (tertiary/aromatic N) is 1. The topological polar surface area (TPSA) is 103 Å². The molecule has 1 heterocycles. The molecule has 3 rings (SSSR count). The first-order chi connectivity index (χ1) is 12.9. The van der Waals surface area contributed by atoms with Crippen molar-refractivity contribution < 1.29 is 30.8 Å². The van der Waals surface area contributed by atoms with Crippen LogP contribution in [0.4, 0.5) is 18.9 Å². The van der Waals surface area contributed by atoms with E-state index in [-0.39, 0.29) is 32.7 Å². The van der Waals surface area contributed by atoms with Crippen LogP contribution in [-0.4, -0.2) is 20.6 Å². The van der Waals surface area contributed by atoms with Gasteiger partial charge in [-0.15, -0.1) is 0 Å².